The lowest BCUT2D eigenvalue weighted by molar-refractivity contribution is -0.0716. The van der Waals surface area contributed by atoms with Gasteiger partial charge in [-0.05, 0) is 43.2 Å². The molecule has 1 fully saturated rings. The van der Waals surface area contributed by atoms with Crippen LogP contribution < -0.4 is 14.8 Å². The standard InChI is InChI=1S/C20H21ClN2O5S/c1-23(2)29(25,26)14-6-7-16(21)15(12-14)19(24)22-13-5-8-17-18(11-13)28-20(27-17)9-3-4-10-20/h5-8,11-12H,3-4,9-10H2,1-2H3,(H,22,24). The Kier molecular flexibility index (Phi) is 4.96. The minimum absolute atomic E-state index is 0.00841. The molecular formula is C20H21ClN2O5S. The molecule has 1 N–H and O–H groups in total. The van der Waals surface area contributed by atoms with Crippen molar-refractivity contribution in [1.29, 1.82) is 0 Å². The molecule has 0 saturated heterocycles. The van der Waals surface area contributed by atoms with Gasteiger partial charge in [-0.25, -0.2) is 12.7 Å². The van der Waals surface area contributed by atoms with E-state index in [1.165, 1.54) is 32.3 Å². The SMILES string of the molecule is CN(C)S(=O)(=O)c1ccc(Cl)c(C(=O)Nc2ccc3c(c2)OC2(CCCC2)O3)c1. The Labute approximate surface area is 174 Å². The molecular weight excluding hydrogens is 416 g/mol. The van der Waals surface area contributed by atoms with E-state index in [1.807, 2.05) is 0 Å². The van der Waals surface area contributed by atoms with Crippen LogP contribution in [0.5, 0.6) is 11.5 Å². The third kappa shape index (κ3) is 3.68. The molecule has 1 amide bonds. The monoisotopic (exact) mass is 436 g/mol. The Morgan fingerprint density at radius 3 is 2.45 bits per heavy atom. The Hall–Kier alpha value is -2.29. The lowest BCUT2D eigenvalue weighted by Crippen LogP contribution is -2.34. The zero-order valence-electron chi connectivity index (χ0n) is 16.1. The van der Waals surface area contributed by atoms with E-state index in [4.69, 9.17) is 21.1 Å². The van der Waals surface area contributed by atoms with Crippen molar-refractivity contribution in [2.24, 2.45) is 0 Å². The number of anilines is 1. The maximum atomic E-state index is 12.8. The molecule has 29 heavy (non-hydrogen) atoms. The first-order valence-corrected chi connectivity index (χ1v) is 11.1. The molecule has 0 aromatic heterocycles. The van der Waals surface area contributed by atoms with E-state index in [0.717, 1.165) is 30.0 Å². The van der Waals surface area contributed by atoms with Gasteiger partial charge in [0, 0.05) is 38.7 Å². The van der Waals surface area contributed by atoms with Gasteiger partial charge < -0.3 is 14.8 Å². The average Bonchev–Trinajstić information content (AvgIpc) is 3.27. The van der Waals surface area contributed by atoms with Crippen molar-refractivity contribution in [3.63, 3.8) is 0 Å². The fraction of sp³-hybridized carbons (Fsp3) is 0.350. The molecule has 0 radical (unpaired) electrons. The molecule has 1 saturated carbocycles. The van der Waals surface area contributed by atoms with Crippen molar-refractivity contribution in [3.05, 3.63) is 47.0 Å². The van der Waals surface area contributed by atoms with Crippen LogP contribution in [0.3, 0.4) is 0 Å². The summed E-state index contributed by atoms with van der Waals surface area (Å²) in [6, 6.07) is 9.21. The molecule has 2 aromatic carbocycles. The molecule has 1 aliphatic heterocycles. The lowest BCUT2D eigenvalue weighted by Gasteiger charge is -2.21. The summed E-state index contributed by atoms with van der Waals surface area (Å²) in [6.45, 7) is 0. The number of carbonyl (C=O) groups excluding carboxylic acids is 1. The average molecular weight is 437 g/mol. The molecule has 1 spiro atoms. The van der Waals surface area contributed by atoms with Crippen LogP contribution in [-0.4, -0.2) is 38.5 Å². The van der Waals surface area contributed by atoms with Crippen LogP contribution in [0.25, 0.3) is 0 Å². The highest BCUT2D eigenvalue weighted by molar-refractivity contribution is 7.89. The van der Waals surface area contributed by atoms with E-state index in [1.54, 1.807) is 18.2 Å². The van der Waals surface area contributed by atoms with Gasteiger partial charge in [-0.15, -0.1) is 0 Å². The molecule has 1 aliphatic carbocycles. The number of hydrogen-bond donors (Lipinski definition) is 1. The van der Waals surface area contributed by atoms with Crippen LogP contribution in [-0.2, 0) is 10.0 Å². The van der Waals surface area contributed by atoms with Gasteiger partial charge in [-0.2, -0.15) is 0 Å². The second-order valence-corrected chi connectivity index (χ2v) is 9.93. The molecule has 1 heterocycles. The number of ether oxygens (including phenoxy) is 2. The van der Waals surface area contributed by atoms with Gasteiger partial charge in [0.1, 0.15) is 0 Å². The zero-order chi connectivity index (χ0) is 20.8. The molecule has 2 aliphatic rings. The van der Waals surface area contributed by atoms with Crippen molar-refractivity contribution in [2.45, 2.75) is 36.4 Å². The van der Waals surface area contributed by atoms with Crippen LogP contribution in [0.4, 0.5) is 5.69 Å². The molecule has 4 rings (SSSR count). The molecule has 7 nitrogen and oxygen atoms in total. The van der Waals surface area contributed by atoms with Gasteiger partial charge in [-0.3, -0.25) is 4.79 Å². The first kappa shape index (κ1) is 20.0. The van der Waals surface area contributed by atoms with E-state index in [2.05, 4.69) is 5.32 Å². The van der Waals surface area contributed by atoms with Crippen molar-refractivity contribution in [2.75, 3.05) is 19.4 Å². The number of fused-ring (bicyclic) bond motifs is 1. The number of benzene rings is 2. The van der Waals surface area contributed by atoms with Crippen LogP contribution in [0.15, 0.2) is 41.3 Å². The predicted octanol–water partition coefficient (Wildman–Crippen LogP) is 3.88. The van der Waals surface area contributed by atoms with E-state index < -0.39 is 21.7 Å². The Morgan fingerprint density at radius 1 is 1.07 bits per heavy atom. The van der Waals surface area contributed by atoms with Gasteiger partial charge in [0.15, 0.2) is 11.5 Å². The number of nitrogens with zero attached hydrogens (tertiary/aromatic N) is 1. The summed E-state index contributed by atoms with van der Waals surface area (Å²) in [6.07, 6.45) is 3.79. The van der Waals surface area contributed by atoms with Gasteiger partial charge in [-0.1, -0.05) is 11.6 Å². The number of halogens is 1. The van der Waals surface area contributed by atoms with E-state index >= 15 is 0 Å². The minimum Gasteiger partial charge on any atom is -0.448 e. The quantitative estimate of drug-likeness (QED) is 0.786. The van der Waals surface area contributed by atoms with Crippen LogP contribution in [0.1, 0.15) is 36.0 Å². The van der Waals surface area contributed by atoms with Gasteiger partial charge >= 0.3 is 0 Å². The van der Waals surface area contributed by atoms with E-state index in [-0.39, 0.29) is 15.5 Å². The highest BCUT2D eigenvalue weighted by Crippen LogP contribution is 2.47. The zero-order valence-corrected chi connectivity index (χ0v) is 17.6. The fourth-order valence-corrected chi connectivity index (χ4v) is 4.67. The highest BCUT2D eigenvalue weighted by atomic mass is 35.5. The molecule has 0 bridgehead atoms. The summed E-state index contributed by atoms with van der Waals surface area (Å²) < 4.78 is 37.8. The number of sulfonamides is 1. The number of amides is 1. The van der Waals surface area contributed by atoms with Crippen molar-refractivity contribution in [3.8, 4) is 11.5 Å². The number of nitrogens with one attached hydrogen (secondary N) is 1. The number of carbonyl (C=O) groups is 1. The van der Waals surface area contributed by atoms with Crippen molar-refractivity contribution < 1.29 is 22.7 Å². The molecule has 2 aromatic rings. The summed E-state index contributed by atoms with van der Waals surface area (Å²) in [7, 11) is -0.837. The molecule has 0 atom stereocenters. The number of hydrogen-bond acceptors (Lipinski definition) is 5. The Balaban J connectivity index is 1.57. The van der Waals surface area contributed by atoms with E-state index in [9.17, 15) is 13.2 Å². The highest BCUT2D eigenvalue weighted by Gasteiger charge is 2.44. The van der Waals surface area contributed by atoms with Gasteiger partial charge in [0.2, 0.25) is 10.0 Å². The normalized spacial score (nSPS) is 17.1. The predicted molar refractivity (Wildman–Crippen MR) is 109 cm³/mol. The summed E-state index contributed by atoms with van der Waals surface area (Å²) in [5.74, 6) is 0.144. The van der Waals surface area contributed by atoms with Crippen molar-refractivity contribution in [1.82, 2.24) is 4.31 Å². The van der Waals surface area contributed by atoms with Crippen LogP contribution >= 0.6 is 11.6 Å². The summed E-state index contributed by atoms with van der Waals surface area (Å²) in [4.78, 5) is 12.7. The first-order valence-electron chi connectivity index (χ1n) is 9.26. The Morgan fingerprint density at radius 2 is 1.76 bits per heavy atom. The Bertz CT molecular complexity index is 1080. The fourth-order valence-electron chi connectivity index (χ4n) is 3.54. The minimum atomic E-state index is -3.69. The summed E-state index contributed by atoms with van der Waals surface area (Å²) in [5, 5.41) is 2.91. The largest absolute Gasteiger partial charge is 0.448 e. The maximum absolute atomic E-state index is 12.8. The molecule has 154 valence electrons. The van der Waals surface area contributed by atoms with Gasteiger partial charge in [0.25, 0.3) is 11.7 Å². The topological polar surface area (TPSA) is 84.9 Å². The maximum Gasteiger partial charge on any atom is 0.257 e. The second-order valence-electron chi connectivity index (χ2n) is 7.37. The first-order chi connectivity index (χ1) is 13.7. The summed E-state index contributed by atoms with van der Waals surface area (Å²) in [5.41, 5.74) is 0.573. The second kappa shape index (κ2) is 7.19. The third-order valence-electron chi connectivity index (χ3n) is 5.12. The van der Waals surface area contributed by atoms with Crippen molar-refractivity contribution >= 4 is 33.2 Å². The molecule has 9 heteroatoms. The lowest BCUT2D eigenvalue weighted by atomic mass is 10.2. The number of rotatable bonds is 4. The smallest absolute Gasteiger partial charge is 0.257 e. The summed E-state index contributed by atoms with van der Waals surface area (Å²) >= 11 is 6.15. The molecule has 0 unspecified atom stereocenters. The van der Waals surface area contributed by atoms with E-state index in [0.29, 0.717) is 17.2 Å². The van der Waals surface area contributed by atoms with Gasteiger partial charge in [0.05, 0.1) is 15.5 Å². The van der Waals surface area contributed by atoms with Crippen LogP contribution in [0.2, 0.25) is 5.02 Å². The third-order valence-corrected chi connectivity index (χ3v) is 7.26. The van der Waals surface area contributed by atoms with Crippen LogP contribution in [0, 0.1) is 0 Å².